The van der Waals surface area contributed by atoms with Gasteiger partial charge in [0.05, 0.1) is 13.2 Å². The van der Waals surface area contributed by atoms with Crippen LogP contribution >= 0.6 is 0 Å². The Morgan fingerprint density at radius 1 is 1.26 bits per heavy atom. The zero-order chi connectivity index (χ0) is 16.6. The predicted molar refractivity (Wildman–Crippen MR) is 86.2 cm³/mol. The van der Waals surface area contributed by atoms with Crippen molar-refractivity contribution >= 4 is 11.6 Å². The van der Waals surface area contributed by atoms with Crippen LogP contribution in [0.25, 0.3) is 0 Å². The highest BCUT2D eigenvalue weighted by molar-refractivity contribution is 6.02. The van der Waals surface area contributed by atoms with Crippen molar-refractivity contribution in [3.05, 3.63) is 41.0 Å². The Hall–Kier alpha value is -1.94. The van der Waals surface area contributed by atoms with Crippen molar-refractivity contribution in [3.8, 4) is 5.75 Å². The van der Waals surface area contributed by atoms with E-state index >= 15 is 0 Å². The zero-order valence-electron chi connectivity index (χ0n) is 13.6. The fourth-order valence-corrected chi connectivity index (χ4v) is 3.81. The van der Waals surface area contributed by atoms with Gasteiger partial charge in [-0.3, -0.25) is 9.59 Å². The largest absolute Gasteiger partial charge is 0.497 e. The molecule has 122 valence electrons. The Labute approximate surface area is 136 Å². The van der Waals surface area contributed by atoms with Gasteiger partial charge in [-0.25, -0.2) is 0 Å². The van der Waals surface area contributed by atoms with E-state index in [1.807, 2.05) is 25.1 Å². The van der Waals surface area contributed by atoms with Crippen LogP contribution in [0.1, 0.15) is 50.7 Å². The van der Waals surface area contributed by atoms with E-state index in [-0.39, 0.29) is 18.0 Å². The van der Waals surface area contributed by atoms with Gasteiger partial charge in [0.2, 0.25) is 0 Å². The number of aliphatic hydroxyl groups excluding tert-OH is 1. The summed E-state index contributed by atoms with van der Waals surface area (Å²) in [5.74, 6) is 0.984. The molecule has 4 nitrogen and oxygen atoms in total. The van der Waals surface area contributed by atoms with Crippen LogP contribution in [-0.4, -0.2) is 23.8 Å². The van der Waals surface area contributed by atoms with Gasteiger partial charge in [0.25, 0.3) is 0 Å². The van der Waals surface area contributed by atoms with Gasteiger partial charge in [0.15, 0.2) is 5.78 Å². The number of fused-ring (bicyclic) bond motifs is 1. The van der Waals surface area contributed by atoms with Crippen molar-refractivity contribution in [3.63, 3.8) is 0 Å². The molecule has 0 aromatic heterocycles. The minimum atomic E-state index is -0.769. The number of hydrogen-bond acceptors (Lipinski definition) is 4. The molecule has 0 heterocycles. The van der Waals surface area contributed by atoms with Crippen LogP contribution in [0.4, 0.5) is 0 Å². The Morgan fingerprint density at radius 3 is 2.78 bits per heavy atom. The molecule has 3 rings (SSSR count). The minimum absolute atomic E-state index is 0.0779. The SMILES string of the molecule is COc1cccc([C@H](O)CC2=C3CCC(=O)[C@@]3(C)CCC2=O)c1. The lowest BCUT2D eigenvalue weighted by atomic mass is 9.71. The van der Waals surface area contributed by atoms with Gasteiger partial charge < -0.3 is 9.84 Å². The fourth-order valence-electron chi connectivity index (χ4n) is 3.81. The van der Waals surface area contributed by atoms with Gasteiger partial charge in [-0.05, 0) is 48.6 Å². The highest BCUT2D eigenvalue weighted by Gasteiger charge is 2.46. The average Bonchev–Trinajstić information content (AvgIpc) is 2.86. The molecule has 2 aliphatic carbocycles. The molecule has 1 N–H and O–H groups in total. The van der Waals surface area contributed by atoms with Crippen molar-refractivity contribution in [1.29, 1.82) is 0 Å². The van der Waals surface area contributed by atoms with E-state index in [9.17, 15) is 14.7 Å². The molecule has 0 bridgehead atoms. The summed E-state index contributed by atoms with van der Waals surface area (Å²) in [6, 6.07) is 7.24. The Kier molecular flexibility index (Phi) is 4.11. The number of ether oxygens (including phenoxy) is 1. The van der Waals surface area contributed by atoms with E-state index in [0.29, 0.717) is 37.0 Å². The van der Waals surface area contributed by atoms with Gasteiger partial charge >= 0.3 is 0 Å². The molecule has 1 aromatic rings. The molecule has 0 aliphatic heterocycles. The second-order valence-corrected chi connectivity index (χ2v) is 6.63. The van der Waals surface area contributed by atoms with E-state index in [2.05, 4.69) is 0 Å². The van der Waals surface area contributed by atoms with E-state index in [1.165, 1.54) is 0 Å². The molecule has 1 fully saturated rings. The third-order valence-corrected chi connectivity index (χ3v) is 5.31. The molecule has 2 atom stereocenters. The summed E-state index contributed by atoms with van der Waals surface area (Å²) in [6.45, 7) is 1.95. The minimum Gasteiger partial charge on any atom is -0.497 e. The van der Waals surface area contributed by atoms with Crippen molar-refractivity contribution in [2.45, 2.75) is 45.1 Å². The first kappa shape index (κ1) is 15.9. The number of methoxy groups -OCH3 is 1. The maximum atomic E-state index is 12.4. The molecule has 0 unspecified atom stereocenters. The monoisotopic (exact) mass is 314 g/mol. The maximum absolute atomic E-state index is 12.4. The van der Waals surface area contributed by atoms with Crippen LogP contribution in [0.3, 0.4) is 0 Å². The second-order valence-electron chi connectivity index (χ2n) is 6.63. The number of benzene rings is 1. The quantitative estimate of drug-likeness (QED) is 0.927. The van der Waals surface area contributed by atoms with Gasteiger partial charge in [0, 0.05) is 24.7 Å². The standard InChI is InChI=1S/C19H22O4/c1-19-9-8-16(20)14(15(19)6-7-18(19)22)11-17(21)12-4-3-5-13(10-12)23-2/h3-5,10,17,21H,6-9,11H2,1-2H3/t17-,19+/m1/s1. The molecule has 23 heavy (non-hydrogen) atoms. The van der Waals surface area contributed by atoms with Crippen molar-refractivity contribution < 1.29 is 19.4 Å². The topological polar surface area (TPSA) is 63.6 Å². The Balaban J connectivity index is 1.91. The van der Waals surface area contributed by atoms with Crippen LogP contribution in [0.2, 0.25) is 0 Å². The summed E-state index contributed by atoms with van der Waals surface area (Å²) in [6.07, 6.45) is 1.67. The number of carbonyl (C=O) groups is 2. The van der Waals surface area contributed by atoms with E-state index < -0.39 is 11.5 Å². The number of rotatable bonds is 4. The number of Topliss-reactive ketones (excluding diaryl/α,β-unsaturated/α-hetero) is 2. The summed E-state index contributed by atoms with van der Waals surface area (Å²) in [5, 5.41) is 10.6. The first-order valence-corrected chi connectivity index (χ1v) is 8.06. The van der Waals surface area contributed by atoms with Crippen molar-refractivity contribution in [2.24, 2.45) is 5.41 Å². The molecule has 4 heteroatoms. The van der Waals surface area contributed by atoms with Crippen LogP contribution < -0.4 is 4.74 Å². The Bertz CT molecular complexity index is 688. The van der Waals surface area contributed by atoms with Crippen molar-refractivity contribution in [1.82, 2.24) is 0 Å². The molecule has 0 radical (unpaired) electrons. The van der Waals surface area contributed by atoms with E-state index in [1.54, 1.807) is 13.2 Å². The third kappa shape index (κ3) is 2.72. The van der Waals surface area contributed by atoms with Gasteiger partial charge in [-0.1, -0.05) is 12.1 Å². The van der Waals surface area contributed by atoms with Gasteiger partial charge in [0.1, 0.15) is 11.5 Å². The molecule has 0 spiro atoms. The Morgan fingerprint density at radius 2 is 2.04 bits per heavy atom. The molecular weight excluding hydrogens is 292 g/mol. The molecule has 0 amide bonds. The first-order valence-electron chi connectivity index (χ1n) is 8.06. The van der Waals surface area contributed by atoms with E-state index in [4.69, 9.17) is 4.74 Å². The highest BCUT2D eigenvalue weighted by Crippen LogP contribution is 2.49. The lowest BCUT2D eigenvalue weighted by Crippen LogP contribution is -2.31. The summed E-state index contributed by atoms with van der Waals surface area (Å²) in [5.41, 5.74) is 1.86. The molecule has 2 aliphatic rings. The number of aliphatic hydroxyl groups is 1. The highest BCUT2D eigenvalue weighted by atomic mass is 16.5. The fraction of sp³-hybridized carbons (Fsp3) is 0.474. The predicted octanol–water partition coefficient (Wildman–Crippen LogP) is 3.15. The van der Waals surface area contributed by atoms with Crippen molar-refractivity contribution in [2.75, 3.05) is 7.11 Å². The number of carbonyl (C=O) groups excluding carboxylic acids is 2. The van der Waals surface area contributed by atoms with Crippen LogP contribution in [0.15, 0.2) is 35.4 Å². The summed E-state index contributed by atoms with van der Waals surface area (Å²) >= 11 is 0. The van der Waals surface area contributed by atoms with Crippen LogP contribution in [-0.2, 0) is 9.59 Å². The van der Waals surface area contributed by atoms with Gasteiger partial charge in [-0.15, -0.1) is 0 Å². The number of hydrogen-bond donors (Lipinski definition) is 1. The van der Waals surface area contributed by atoms with Gasteiger partial charge in [-0.2, -0.15) is 0 Å². The molecule has 1 saturated carbocycles. The van der Waals surface area contributed by atoms with Crippen LogP contribution in [0.5, 0.6) is 5.75 Å². The molecule has 0 saturated heterocycles. The second kappa shape index (κ2) is 5.93. The zero-order valence-corrected chi connectivity index (χ0v) is 13.6. The molecular formula is C19H22O4. The third-order valence-electron chi connectivity index (χ3n) is 5.31. The normalized spacial score (nSPS) is 25.5. The smallest absolute Gasteiger partial charge is 0.159 e. The number of ketones is 2. The lowest BCUT2D eigenvalue weighted by molar-refractivity contribution is -0.125. The lowest BCUT2D eigenvalue weighted by Gasteiger charge is -2.31. The van der Waals surface area contributed by atoms with E-state index in [0.717, 1.165) is 11.1 Å². The summed E-state index contributed by atoms with van der Waals surface area (Å²) in [7, 11) is 1.58. The molecule has 1 aromatic carbocycles. The maximum Gasteiger partial charge on any atom is 0.159 e. The number of allylic oxidation sites excluding steroid dienone is 1. The first-order chi connectivity index (χ1) is 11.0. The summed E-state index contributed by atoms with van der Waals surface area (Å²) in [4.78, 5) is 24.6. The summed E-state index contributed by atoms with van der Waals surface area (Å²) < 4.78 is 5.18. The average molecular weight is 314 g/mol. The van der Waals surface area contributed by atoms with Crippen LogP contribution in [0, 0.1) is 5.41 Å².